The number of fused-ring (bicyclic) bond motifs is 1. The standard InChI is InChI=1S/C17H18ClN11/c1-10-13(18)16-24-15(12(8-19)14(20)29(16)25-10)22-6-2-11-3-7-28(26-11)17(4-5-17)9-23-27-21/h3,7H,2,4-6,9,20H2,1H3,(H,22,24). The predicted molar refractivity (Wildman–Crippen MR) is 108 cm³/mol. The molecule has 0 aliphatic heterocycles. The maximum Gasteiger partial charge on any atom is 0.178 e. The molecule has 3 heterocycles. The zero-order valence-corrected chi connectivity index (χ0v) is 16.4. The summed E-state index contributed by atoms with van der Waals surface area (Å²) in [6.07, 6.45) is 4.43. The third-order valence-electron chi connectivity index (χ3n) is 5.07. The number of hydrogen-bond donors (Lipinski definition) is 2. The number of nitrogens with one attached hydrogen (secondary N) is 1. The number of halogens is 1. The Balaban J connectivity index is 1.49. The van der Waals surface area contributed by atoms with Gasteiger partial charge in [-0.1, -0.05) is 16.7 Å². The molecule has 3 aromatic rings. The lowest BCUT2D eigenvalue weighted by Crippen LogP contribution is -2.21. The van der Waals surface area contributed by atoms with Gasteiger partial charge >= 0.3 is 0 Å². The minimum Gasteiger partial charge on any atom is -0.382 e. The predicted octanol–water partition coefficient (Wildman–Crippen LogP) is 2.80. The Labute approximate surface area is 170 Å². The van der Waals surface area contributed by atoms with Crippen molar-refractivity contribution >= 4 is 28.9 Å². The van der Waals surface area contributed by atoms with Crippen molar-refractivity contribution in [3.8, 4) is 6.07 Å². The summed E-state index contributed by atoms with van der Waals surface area (Å²) in [4.78, 5) is 7.27. The molecule has 0 amide bonds. The molecule has 1 aliphatic carbocycles. The van der Waals surface area contributed by atoms with E-state index in [2.05, 4.69) is 36.6 Å². The number of nitrogens with zero attached hydrogens (tertiary/aromatic N) is 9. The van der Waals surface area contributed by atoms with E-state index in [0.717, 1.165) is 18.5 Å². The fourth-order valence-corrected chi connectivity index (χ4v) is 3.38. The van der Waals surface area contributed by atoms with Crippen LogP contribution in [0.4, 0.5) is 11.6 Å². The molecule has 3 aromatic heterocycles. The normalized spacial score (nSPS) is 14.4. The second-order valence-corrected chi connectivity index (χ2v) is 7.39. The highest BCUT2D eigenvalue weighted by molar-refractivity contribution is 6.34. The van der Waals surface area contributed by atoms with E-state index in [0.29, 0.717) is 41.7 Å². The zero-order chi connectivity index (χ0) is 20.6. The summed E-state index contributed by atoms with van der Waals surface area (Å²) < 4.78 is 3.26. The molecular formula is C17H18ClN11. The molecule has 0 atom stereocenters. The smallest absolute Gasteiger partial charge is 0.178 e. The van der Waals surface area contributed by atoms with Gasteiger partial charge in [0.1, 0.15) is 28.3 Å². The Kier molecular flexibility index (Phi) is 4.66. The van der Waals surface area contributed by atoms with Gasteiger partial charge in [-0.05, 0) is 31.4 Å². The van der Waals surface area contributed by atoms with Crippen LogP contribution in [0.5, 0.6) is 0 Å². The molecule has 148 valence electrons. The highest BCUT2D eigenvalue weighted by Gasteiger charge is 2.44. The van der Waals surface area contributed by atoms with Gasteiger partial charge in [0.25, 0.3) is 0 Å². The van der Waals surface area contributed by atoms with Crippen LogP contribution in [0.3, 0.4) is 0 Å². The van der Waals surface area contributed by atoms with Crippen molar-refractivity contribution in [2.24, 2.45) is 5.11 Å². The summed E-state index contributed by atoms with van der Waals surface area (Å²) in [5, 5.41) is 25.6. The molecule has 0 spiro atoms. The van der Waals surface area contributed by atoms with E-state index in [4.69, 9.17) is 22.9 Å². The highest BCUT2D eigenvalue weighted by atomic mass is 35.5. The van der Waals surface area contributed by atoms with E-state index < -0.39 is 0 Å². The summed E-state index contributed by atoms with van der Waals surface area (Å²) in [7, 11) is 0. The maximum atomic E-state index is 9.49. The molecule has 12 heteroatoms. The monoisotopic (exact) mass is 411 g/mol. The number of aryl methyl sites for hydroxylation is 1. The molecule has 0 saturated heterocycles. The molecule has 0 bridgehead atoms. The molecule has 1 aliphatic rings. The van der Waals surface area contributed by atoms with Crippen molar-refractivity contribution in [3.05, 3.63) is 44.7 Å². The number of nitrogen functional groups attached to an aromatic ring is 1. The lowest BCUT2D eigenvalue weighted by Gasteiger charge is -2.12. The van der Waals surface area contributed by atoms with Gasteiger partial charge in [0.05, 0.1) is 23.5 Å². The summed E-state index contributed by atoms with van der Waals surface area (Å²) in [6.45, 7) is 2.66. The lowest BCUT2D eigenvalue weighted by molar-refractivity contribution is 0.438. The third kappa shape index (κ3) is 3.29. The Morgan fingerprint density at radius 3 is 2.97 bits per heavy atom. The van der Waals surface area contributed by atoms with E-state index in [1.807, 2.05) is 16.9 Å². The van der Waals surface area contributed by atoms with E-state index in [-0.39, 0.29) is 16.9 Å². The number of aromatic nitrogens is 5. The summed E-state index contributed by atoms with van der Waals surface area (Å²) in [5.41, 5.74) is 16.6. The van der Waals surface area contributed by atoms with Crippen LogP contribution >= 0.6 is 11.6 Å². The molecule has 1 fully saturated rings. The average Bonchev–Trinajstić information content (AvgIpc) is 3.26. The number of rotatable bonds is 7. The van der Waals surface area contributed by atoms with Gasteiger partial charge in [0.2, 0.25) is 0 Å². The molecule has 1 saturated carbocycles. The summed E-state index contributed by atoms with van der Waals surface area (Å²) in [5.74, 6) is 0.550. The van der Waals surface area contributed by atoms with E-state index in [9.17, 15) is 5.26 Å². The first-order chi connectivity index (χ1) is 14.0. The van der Waals surface area contributed by atoms with Gasteiger partial charge in [-0.2, -0.15) is 20.0 Å². The van der Waals surface area contributed by atoms with Crippen molar-refractivity contribution in [1.82, 2.24) is 24.4 Å². The van der Waals surface area contributed by atoms with Crippen LogP contribution in [0.25, 0.3) is 16.1 Å². The zero-order valence-electron chi connectivity index (χ0n) is 15.7. The van der Waals surface area contributed by atoms with Crippen LogP contribution < -0.4 is 11.1 Å². The first-order valence-electron chi connectivity index (χ1n) is 9.03. The molecule has 11 nitrogen and oxygen atoms in total. The Morgan fingerprint density at radius 2 is 2.28 bits per heavy atom. The molecule has 0 radical (unpaired) electrons. The average molecular weight is 412 g/mol. The van der Waals surface area contributed by atoms with Crippen molar-refractivity contribution in [3.63, 3.8) is 0 Å². The first-order valence-corrected chi connectivity index (χ1v) is 9.41. The van der Waals surface area contributed by atoms with Gasteiger partial charge in [-0.15, -0.1) is 0 Å². The second-order valence-electron chi connectivity index (χ2n) is 7.01. The Bertz CT molecular complexity index is 1170. The first kappa shape index (κ1) is 18.9. The SMILES string of the molecule is Cc1nn2c(N)c(C#N)c(NCCc3ccn(C4(CN=[N+]=[N-])CC4)n3)nc2c1Cl. The fraction of sp³-hybridized carbons (Fsp3) is 0.412. The molecule has 0 unspecified atom stereocenters. The number of hydrogen-bond acceptors (Lipinski definition) is 7. The van der Waals surface area contributed by atoms with Crippen LogP contribution in [-0.4, -0.2) is 37.5 Å². The Morgan fingerprint density at radius 1 is 1.48 bits per heavy atom. The maximum absolute atomic E-state index is 9.49. The summed E-state index contributed by atoms with van der Waals surface area (Å²) >= 11 is 6.24. The topological polar surface area (TPSA) is 159 Å². The van der Waals surface area contributed by atoms with Crippen LogP contribution in [0.1, 0.15) is 29.8 Å². The molecular weight excluding hydrogens is 394 g/mol. The number of anilines is 2. The van der Waals surface area contributed by atoms with Gasteiger partial charge in [-0.3, -0.25) is 4.68 Å². The molecule has 3 N–H and O–H groups in total. The van der Waals surface area contributed by atoms with Gasteiger partial charge in [0.15, 0.2) is 5.65 Å². The quantitative estimate of drug-likeness (QED) is 0.345. The van der Waals surface area contributed by atoms with Crippen molar-refractivity contribution in [2.45, 2.75) is 31.7 Å². The second kappa shape index (κ2) is 7.16. The van der Waals surface area contributed by atoms with Crippen LogP contribution in [-0.2, 0) is 12.0 Å². The largest absolute Gasteiger partial charge is 0.382 e. The van der Waals surface area contributed by atoms with Crippen molar-refractivity contribution in [1.29, 1.82) is 5.26 Å². The lowest BCUT2D eigenvalue weighted by atomic mass is 10.2. The minimum atomic E-state index is -0.177. The highest BCUT2D eigenvalue weighted by Crippen LogP contribution is 2.43. The summed E-state index contributed by atoms with van der Waals surface area (Å²) in [6, 6.07) is 4.01. The van der Waals surface area contributed by atoms with E-state index >= 15 is 0 Å². The molecule has 4 rings (SSSR count). The third-order valence-corrected chi connectivity index (χ3v) is 5.52. The minimum absolute atomic E-state index is 0.177. The van der Waals surface area contributed by atoms with Crippen molar-refractivity contribution in [2.75, 3.05) is 24.1 Å². The Hall–Kier alpha value is -3.48. The fourth-order valence-electron chi connectivity index (χ4n) is 3.22. The van der Waals surface area contributed by atoms with Gasteiger partial charge < -0.3 is 11.1 Å². The number of azide groups is 1. The molecule has 29 heavy (non-hydrogen) atoms. The van der Waals surface area contributed by atoms with Gasteiger partial charge in [0, 0.05) is 24.1 Å². The number of nitriles is 1. The van der Waals surface area contributed by atoms with Crippen LogP contribution in [0.15, 0.2) is 17.4 Å². The number of nitrogens with two attached hydrogens (primary N) is 1. The van der Waals surface area contributed by atoms with Crippen molar-refractivity contribution < 1.29 is 0 Å². The van der Waals surface area contributed by atoms with E-state index in [1.54, 1.807) is 6.92 Å². The van der Waals surface area contributed by atoms with Gasteiger partial charge in [-0.25, -0.2) is 4.98 Å². The molecule has 0 aromatic carbocycles. The van der Waals surface area contributed by atoms with E-state index in [1.165, 1.54) is 4.52 Å². The van der Waals surface area contributed by atoms with Crippen LogP contribution in [0, 0.1) is 18.3 Å². The van der Waals surface area contributed by atoms with Crippen LogP contribution in [0.2, 0.25) is 5.02 Å².